The molecular weight excluding hydrogens is 233 g/mol. The van der Waals surface area contributed by atoms with Gasteiger partial charge in [0, 0.05) is 32.7 Å². The Bertz CT molecular complexity index is 194. The summed E-state index contributed by atoms with van der Waals surface area (Å²) in [6.07, 6.45) is 6.60. The van der Waals surface area contributed by atoms with Gasteiger partial charge in [-0.25, -0.2) is 0 Å². The minimum atomic E-state index is 0. The van der Waals surface area contributed by atoms with Gasteiger partial charge in [0.05, 0.1) is 0 Å². The van der Waals surface area contributed by atoms with Crippen LogP contribution in [-0.4, -0.2) is 0 Å². The van der Waals surface area contributed by atoms with Gasteiger partial charge in [-0.05, 0) is 0 Å². The summed E-state index contributed by atoms with van der Waals surface area (Å²) in [6.45, 7) is 2.25. The van der Waals surface area contributed by atoms with Crippen LogP contribution in [0.5, 0.6) is 0 Å². The van der Waals surface area contributed by atoms with Crippen molar-refractivity contribution < 1.29 is 32.7 Å². The molecule has 1 aromatic carbocycles. The quantitative estimate of drug-likeness (QED) is 0.553. The molecule has 0 spiro atoms. The maximum absolute atomic E-state index is 3.10. The second kappa shape index (κ2) is 8.90. The fourth-order valence-corrected chi connectivity index (χ4v) is 1.34. The molecule has 0 bridgehead atoms. The van der Waals surface area contributed by atoms with Crippen molar-refractivity contribution in [1.82, 2.24) is 0 Å². The Morgan fingerprint density at radius 2 is 2.08 bits per heavy atom. The third-order valence-electron chi connectivity index (χ3n) is 2.09. The van der Waals surface area contributed by atoms with E-state index < -0.39 is 0 Å². The second-order valence-electron chi connectivity index (χ2n) is 3.22. The van der Waals surface area contributed by atoms with Crippen molar-refractivity contribution in [3.8, 4) is 0 Å². The summed E-state index contributed by atoms with van der Waals surface area (Å²) in [6, 6.07) is 11.4. The average Bonchev–Trinajstić information content (AvgIpc) is 2.14. The normalized spacial score (nSPS) is 9.31. The summed E-state index contributed by atoms with van der Waals surface area (Å²) in [5, 5.41) is 0. The van der Waals surface area contributed by atoms with E-state index in [1.165, 1.54) is 37.7 Å². The molecule has 0 saturated heterocycles. The van der Waals surface area contributed by atoms with Crippen LogP contribution >= 0.6 is 0 Å². The number of unbranched alkanes of at least 4 members (excludes halogenated alkanes) is 3. The minimum Gasteiger partial charge on any atom is -0.184 e. The third kappa shape index (κ3) is 6.40. The first-order chi connectivity index (χ1) is 5.93. The molecule has 0 amide bonds. The van der Waals surface area contributed by atoms with Crippen molar-refractivity contribution in [3.63, 3.8) is 0 Å². The van der Waals surface area contributed by atoms with Crippen LogP contribution in [0.25, 0.3) is 0 Å². The molecule has 1 rings (SSSR count). The maximum Gasteiger partial charge on any atom is 0 e. The molecule has 0 saturated carbocycles. The van der Waals surface area contributed by atoms with E-state index in [4.69, 9.17) is 0 Å². The molecule has 1 radical (unpaired) electrons. The largest absolute Gasteiger partial charge is 0.184 e. The Labute approximate surface area is 107 Å². The van der Waals surface area contributed by atoms with Gasteiger partial charge in [0.25, 0.3) is 0 Å². The van der Waals surface area contributed by atoms with E-state index in [-0.39, 0.29) is 32.7 Å². The van der Waals surface area contributed by atoms with E-state index in [2.05, 4.69) is 31.2 Å². The van der Waals surface area contributed by atoms with E-state index in [1.807, 2.05) is 6.07 Å². The summed E-state index contributed by atoms with van der Waals surface area (Å²) < 4.78 is 0. The summed E-state index contributed by atoms with van der Waals surface area (Å²) >= 11 is 0. The molecule has 0 aromatic heterocycles. The number of hydrogen-bond donors (Lipinski definition) is 0. The number of hydrogen-bond acceptors (Lipinski definition) is 0. The van der Waals surface area contributed by atoms with Crippen molar-refractivity contribution in [2.45, 2.75) is 39.0 Å². The van der Waals surface area contributed by atoms with Crippen LogP contribution in [0, 0.1) is 6.07 Å². The summed E-state index contributed by atoms with van der Waals surface area (Å²) in [4.78, 5) is 0. The van der Waals surface area contributed by atoms with Gasteiger partial charge in [-0.1, -0.05) is 39.0 Å². The molecular formula is C12H17Y-. The van der Waals surface area contributed by atoms with Crippen molar-refractivity contribution in [1.29, 1.82) is 0 Å². The SMILES string of the molecule is CCCCCCc1c[c-]ccc1.[Y]. The molecule has 1 aromatic rings. The van der Waals surface area contributed by atoms with Gasteiger partial charge in [0.15, 0.2) is 0 Å². The standard InChI is InChI=1S/C12H17.Y/c1-2-3-4-6-9-12-10-7-5-8-11-12;/h5,7,10-11H,2-4,6,9H2,1H3;/q-1;. The molecule has 0 nitrogen and oxygen atoms in total. The van der Waals surface area contributed by atoms with Crippen LogP contribution in [0.1, 0.15) is 38.2 Å². The smallest absolute Gasteiger partial charge is 0 e. The Hall–Kier alpha value is 0.324. The van der Waals surface area contributed by atoms with Crippen molar-refractivity contribution in [2.75, 3.05) is 0 Å². The summed E-state index contributed by atoms with van der Waals surface area (Å²) in [7, 11) is 0. The zero-order valence-corrected chi connectivity index (χ0v) is 11.3. The molecule has 0 atom stereocenters. The average molecular weight is 250 g/mol. The second-order valence-corrected chi connectivity index (χ2v) is 3.22. The fraction of sp³-hybridized carbons (Fsp3) is 0.500. The zero-order chi connectivity index (χ0) is 8.65. The summed E-state index contributed by atoms with van der Waals surface area (Å²) in [5.74, 6) is 0. The van der Waals surface area contributed by atoms with Gasteiger partial charge in [-0.2, -0.15) is 35.9 Å². The molecule has 0 aliphatic heterocycles. The van der Waals surface area contributed by atoms with E-state index in [9.17, 15) is 0 Å². The molecule has 0 unspecified atom stereocenters. The van der Waals surface area contributed by atoms with Gasteiger partial charge in [-0.3, -0.25) is 0 Å². The molecule has 13 heavy (non-hydrogen) atoms. The van der Waals surface area contributed by atoms with Gasteiger partial charge >= 0.3 is 0 Å². The van der Waals surface area contributed by atoms with Crippen LogP contribution in [0.15, 0.2) is 24.3 Å². The van der Waals surface area contributed by atoms with E-state index in [0.717, 1.165) is 0 Å². The molecule has 0 aliphatic rings. The van der Waals surface area contributed by atoms with Crippen LogP contribution in [-0.2, 0) is 39.1 Å². The number of benzene rings is 1. The van der Waals surface area contributed by atoms with Crippen LogP contribution in [0.3, 0.4) is 0 Å². The Kier molecular flexibility index (Phi) is 9.12. The Morgan fingerprint density at radius 1 is 1.23 bits per heavy atom. The van der Waals surface area contributed by atoms with Crippen molar-refractivity contribution >= 4 is 0 Å². The first-order valence-corrected chi connectivity index (χ1v) is 4.88. The van der Waals surface area contributed by atoms with Gasteiger partial charge in [0.1, 0.15) is 0 Å². The van der Waals surface area contributed by atoms with Gasteiger partial charge < -0.3 is 0 Å². The monoisotopic (exact) mass is 250 g/mol. The van der Waals surface area contributed by atoms with Gasteiger partial charge in [0.2, 0.25) is 0 Å². The van der Waals surface area contributed by atoms with Crippen LogP contribution in [0.4, 0.5) is 0 Å². The third-order valence-corrected chi connectivity index (χ3v) is 2.09. The first kappa shape index (κ1) is 13.3. The van der Waals surface area contributed by atoms with Crippen molar-refractivity contribution in [2.24, 2.45) is 0 Å². The van der Waals surface area contributed by atoms with E-state index in [0.29, 0.717) is 0 Å². The Balaban J connectivity index is 0.00000144. The molecule has 0 heterocycles. The van der Waals surface area contributed by atoms with E-state index >= 15 is 0 Å². The molecule has 0 aliphatic carbocycles. The predicted octanol–water partition coefficient (Wildman–Crippen LogP) is 3.61. The first-order valence-electron chi connectivity index (χ1n) is 4.88. The zero-order valence-electron chi connectivity index (χ0n) is 8.42. The Morgan fingerprint density at radius 3 is 2.69 bits per heavy atom. The molecule has 0 N–H and O–H groups in total. The van der Waals surface area contributed by atoms with Gasteiger partial charge in [-0.15, -0.1) is 0 Å². The topological polar surface area (TPSA) is 0 Å². The van der Waals surface area contributed by atoms with E-state index in [1.54, 1.807) is 0 Å². The van der Waals surface area contributed by atoms with Crippen LogP contribution < -0.4 is 0 Å². The number of aryl methyl sites for hydroxylation is 1. The predicted molar refractivity (Wildman–Crippen MR) is 53.1 cm³/mol. The maximum atomic E-state index is 3.10. The fourth-order valence-electron chi connectivity index (χ4n) is 1.34. The molecule has 1 heteroatoms. The molecule has 0 fully saturated rings. The number of rotatable bonds is 5. The molecule has 69 valence electrons. The summed E-state index contributed by atoms with van der Waals surface area (Å²) in [5.41, 5.74) is 1.42. The van der Waals surface area contributed by atoms with Crippen LogP contribution in [0.2, 0.25) is 0 Å². The minimum absolute atomic E-state index is 0. The van der Waals surface area contributed by atoms with Crippen molar-refractivity contribution in [3.05, 3.63) is 35.9 Å².